The molecule has 0 aliphatic rings. The summed E-state index contributed by atoms with van der Waals surface area (Å²) in [4.78, 5) is 23.2. The predicted molar refractivity (Wildman–Crippen MR) is 110 cm³/mol. The van der Waals surface area contributed by atoms with Gasteiger partial charge in [0.2, 0.25) is 0 Å². The maximum Gasteiger partial charge on any atom is 0.333 e. The zero-order chi connectivity index (χ0) is 21.4. The van der Waals surface area contributed by atoms with Crippen molar-refractivity contribution in [2.75, 3.05) is 20.3 Å². The van der Waals surface area contributed by atoms with E-state index in [1.54, 1.807) is 36.4 Å². The first kappa shape index (κ1) is 22.4. The van der Waals surface area contributed by atoms with E-state index in [2.05, 4.69) is 0 Å². The lowest BCUT2D eigenvalue weighted by Gasteiger charge is -2.16. The Bertz CT molecular complexity index is 803. The molecule has 0 aliphatic carbocycles. The van der Waals surface area contributed by atoms with E-state index in [9.17, 15) is 9.59 Å². The highest BCUT2D eigenvalue weighted by Gasteiger charge is 2.22. The molecule has 0 saturated heterocycles. The maximum absolute atomic E-state index is 12.2. The maximum atomic E-state index is 12.2. The second-order valence-electron chi connectivity index (χ2n) is 7.71. The number of ketones is 1. The first-order valence-electron chi connectivity index (χ1n) is 9.45. The van der Waals surface area contributed by atoms with Crippen LogP contribution >= 0.6 is 0 Å². The van der Waals surface area contributed by atoms with Crippen LogP contribution in [0, 0.1) is 5.41 Å². The number of carbonyl (C=O) groups is 2. The van der Waals surface area contributed by atoms with Crippen LogP contribution in [0.25, 0.3) is 0 Å². The van der Waals surface area contributed by atoms with Crippen molar-refractivity contribution in [3.63, 3.8) is 0 Å². The van der Waals surface area contributed by atoms with E-state index in [0.717, 1.165) is 5.56 Å². The van der Waals surface area contributed by atoms with Gasteiger partial charge in [0, 0.05) is 24.5 Å². The number of hydrogen-bond acceptors (Lipinski definition) is 5. The Morgan fingerprint density at radius 2 is 1.38 bits per heavy atom. The molecule has 6 heteroatoms. The van der Waals surface area contributed by atoms with Crippen molar-refractivity contribution >= 4 is 11.8 Å². The summed E-state index contributed by atoms with van der Waals surface area (Å²) in [5.41, 5.74) is 1.11. The van der Waals surface area contributed by atoms with Gasteiger partial charge in [0.25, 0.3) is 0 Å². The summed E-state index contributed by atoms with van der Waals surface area (Å²) >= 11 is 0. The first-order chi connectivity index (χ1) is 13.7. The van der Waals surface area contributed by atoms with E-state index in [-0.39, 0.29) is 5.78 Å². The molecule has 0 saturated carbocycles. The molecule has 0 heterocycles. The predicted octanol–water partition coefficient (Wildman–Crippen LogP) is 4.02. The topological polar surface area (TPSA) is 82.1 Å². The zero-order valence-corrected chi connectivity index (χ0v) is 17.3. The van der Waals surface area contributed by atoms with Crippen LogP contribution in [0.4, 0.5) is 0 Å². The third-order valence-corrected chi connectivity index (χ3v) is 4.32. The molecule has 2 aromatic rings. The smallest absolute Gasteiger partial charge is 0.333 e. The van der Waals surface area contributed by atoms with Crippen molar-refractivity contribution < 1.29 is 28.9 Å². The third-order valence-electron chi connectivity index (χ3n) is 4.32. The van der Waals surface area contributed by atoms with E-state index >= 15 is 0 Å². The lowest BCUT2D eigenvalue weighted by Crippen LogP contribution is -2.24. The highest BCUT2D eigenvalue weighted by atomic mass is 16.5. The van der Waals surface area contributed by atoms with Crippen LogP contribution in [0.1, 0.15) is 36.7 Å². The molecule has 0 fully saturated rings. The van der Waals surface area contributed by atoms with E-state index in [1.165, 1.54) is 7.11 Å². The van der Waals surface area contributed by atoms with Crippen LogP contribution in [0.5, 0.6) is 11.5 Å². The minimum absolute atomic E-state index is 0.0935. The van der Waals surface area contributed by atoms with Crippen molar-refractivity contribution in [3.05, 3.63) is 59.7 Å². The van der Waals surface area contributed by atoms with Crippen LogP contribution in [0.3, 0.4) is 0 Å². The van der Waals surface area contributed by atoms with Gasteiger partial charge in [0.1, 0.15) is 24.7 Å². The molecular formula is C23H28O6. The van der Waals surface area contributed by atoms with Crippen LogP contribution in [-0.2, 0) is 16.0 Å². The number of ether oxygens (including phenoxy) is 3. The number of carboxylic acids is 1. The molecule has 0 unspecified atom stereocenters. The largest absolute Gasteiger partial charge is 0.490 e. The summed E-state index contributed by atoms with van der Waals surface area (Å²) < 4.78 is 16.2. The Morgan fingerprint density at radius 1 is 0.897 bits per heavy atom. The van der Waals surface area contributed by atoms with E-state index in [1.807, 2.05) is 32.9 Å². The number of methoxy groups -OCH3 is 1. The van der Waals surface area contributed by atoms with Crippen LogP contribution < -0.4 is 9.47 Å². The highest BCUT2D eigenvalue weighted by molar-refractivity contribution is 5.99. The second-order valence-corrected chi connectivity index (χ2v) is 7.71. The molecule has 1 N–H and O–H groups in total. The Labute approximate surface area is 171 Å². The molecule has 2 aromatic carbocycles. The lowest BCUT2D eigenvalue weighted by molar-refractivity contribution is -0.148. The summed E-state index contributed by atoms with van der Waals surface area (Å²) in [5, 5.41) is 9.02. The second kappa shape index (κ2) is 10.1. The quantitative estimate of drug-likeness (QED) is 0.479. The minimum Gasteiger partial charge on any atom is -0.490 e. The van der Waals surface area contributed by atoms with Gasteiger partial charge < -0.3 is 19.3 Å². The van der Waals surface area contributed by atoms with Gasteiger partial charge in [0.05, 0.1) is 0 Å². The number of aliphatic carboxylic acids is 1. The van der Waals surface area contributed by atoms with Gasteiger partial charge in [0.15, 0.2) is 11.9 Å². The zero-order valence-electron chi connectivity index (χ0n) is 17.3. The summed E-state index contributed by atoms with van der Waals surface area (Å²) in [7, 11) is 1.38. The minimum atomic E-state index is -0.985. The molecule has 0 amide bonds. The SMILES string of the molecule is CO[C@@H](Cc1ccc(OCCOc2ccc(C(=O)C(C)(C)C)cc2)cc1)C(=O)O. The molecule has 29 heavy (non-hydrogen) atoms. The molecular weight excluding hydrogens is 372 g/mol. The van der Waals surface area contributed by atoms with Crippen LogP contribution in [0.15, 0.2) is 48.5 Å². The summed E-state index contributed by atoms with van der Waals surface area (Å²) in [5.74, 6) is 0.457. The molecule has 0 aliphatic heterocycles. The Hall–Kier alpha value is -2.86. The summed E-state index contributed by atoms with van der Waals surface area (Å²) in [6, 6.07) is 14.3. The van der Waals surface area contributed by atoms with E-state index < -0.39 is 17.5 Å². The van der Waals surface area contributed by atoms with Crippen molar-refractivity contribution in [2.45, 2.75) is 33.3 Å². The molecule has 0 bridgehead atoms. The third kappa shape index (κ3) is 6.91. The average Bonchev–Trinajstić information content (AvgIpc) is 2.69. The fourth-order valence-electron chi connectivity index (χ4n) is 2.66. The molecule has 0 aromatic heterocycles. The molecule has 6 nitrogen and oxygen atoms in total. The fourth-order valence-corrected chi connectivity index (χ4v) is 2.66. The number of carboxylic acid groups (broad SMARTS) is 1. The molecule has 1 atom stereocenters. The Morgan fingerprint density at radius 3 is 1.79 bits per heavy atom. The van der Waals surface area contributed by atoms with Crippen molar-refractivity contribution in [2.24, 2.45) is 5.41 Å². The number of carbonyl (C=O) groups excluding carboxylic acids is 1. The highest BCUT2D eigenvalue weighted by Crippen LogP contribution is 2.22. The number of hydrogen-bond donors (Lipinski definition) is 1. The average molecular weight is 400 g/mol. The number of rotatable bonds is 10. The Kier molecular flexibility index (Phi) is 7.79. The Balaban J connectivity index is 1.77. The number of Topliss-reactive ketones (excluding diaryl/α,β-unsaturated/α-hetero) is 1. The van der Waals surface area contributed by atoms with Crippen molar-refractivity contribution in [1.82, 2.24) is 0 Å². The van der Waals surface area contributed by atoms with Gasteiger partial charge >= 0.3 is 5.97 Å². The lowest BCUT2D eigenvalue weighted by atomic mass is 9.86. The van der Waals surface area contributed by atoms with Crippen LogP contribution in [0.2, 0.25) is 0 Å². The van der Waals surface area contributed by atoms with Gasteiger partial charge in [-0.1, -0.05) is 32.9 Å². The van der Waals surface area contributed by atoms with Crippen molar-refractivity contribution in [3.8, 4) is 11.5 Å². The van der Waals surface area contributed by atoms with Gasteiger partial charge in [-0.05, 0) is 42.0 Å². The summed E-state index contributed by atoms with van der Waals surface area (Å²) in [6.45, 7) is 6.40. The van der Waals surface area contributed by atoms with Gasteiger partial charge in [-0.15, -0.1) is 0 Å². The van der Waals surface area contributed by atoms with E-state index in [0.29, 0.717) is 36.7 Å². The normalized spacial score (nSPS) is 12.3. The molecule has 0 radical (unpaired) electrons. The monoisotopic (exact) mass is 400 g/mol. The first-order valence-corrected chi connectivity index (χ1v) is 9.45. The van der Waals surface area contributed by atoms with E-state index in [4.69, 9.17) is 19.3 Å². The van der Waals surface area contributed by atoms with Gasteiger partial charge in [-0.25, -0.2) is 4.79 Å². The van der Waals surface area contributed by atoms with Crippen molar-refractivity contribution in [1.29, 1.82) is 0 Å². The molecule has 2 rings (SSSR count). The molecule has 156 valence electrons. The fraction of sp³-hybridized carbons (Fsp3) is 0.391. The van der Waals surface area contributed by atoms with Crippen LogP contribution in [-0.4, -0.2) is 43.3 Å². The summed E-state index contributed by atoms with van der Waals surface area (Å²) in [6.07, 6.45) is -0.566. The number of benzene rings is 2. The van der Waals surface area contributed by atoms with Gasteiger partial charge in [-0.3, -0.25) is 4.79 Å². The van der Waals surface area contributed by atoms with Gasteiger partial charge in [-0.2, -0.15) is 0 Å². The molecule has 0 spiro atoms. The standard InChI is InChI=1S/C23H28O6/c1-23(2,3)21(24)17-7-11-19(12-8-17)29-14-13-28-18-9-5-16(6-10-18)15-20(27-4)22(25)26/h5-12,20H,13-15H2,1-4H3,(H,25,26)/t20-/m0/s1.